The Morgan fingerprint density at radius 1 is 1.10 bits per heavy atom. The van der Waals surface area contributed by atoms with Crippen molar-refractivity contribution in [2.75, 3.05) is 42.3 Å². The third-order valence-electron chi connectivity index (χ3n) is 4.82. The Balaban J connectivity index is 1.34. The summed E-state index contributed by atoms with van der Waals surface area (Å²) in [4.78, 5) is 23.4. The van der Waals surface area contributed by atoms with E-state index in [0.29, 0.717) is 22.1 Å². The molecule has 156 valence electrons. The third-order valence-corrected chi connectivity index (χ3v) is 5.68. The monoisotopic (exact) mass is 431 g/mol. The van der Waals surface area contributed by atoms with Crippen LogP contribution < -0.4 is 10.2 Å². The van der Waals surface area contributed by atoms with Gasteiger partial charge in [-0.15, -0.1) is 0 Å². The van der Waals surface area contributed by atoms with Crippen LogP contribution in [-0.4, -0.2) is 47.8 Å². The van der Waals surface area contributed by atoms with Crippen molar-refractivity contribution in [3.63, 3.8) is 0 Å². The topological polar surface area (TPSA) is 91.1 Å². The fourth-order valence-corrected chi connectivity index (χ4v) is 3.87. The molecule has 1 aliphatic heterocycles. The number of hydrogen-bond donors (Lipinski definition) is 1. The molecule has 0 spiro atoms. The summed E-state index contributed by atoms with van der Waals surface area (Å²) >= 11 is 1.28. The summed E-state index contributed by atoms with van der Waals surface area (Å²) in [7, 11) is 0. The zero-order valence-corrected chi connectivity index (χ0v) is 17.6. The molecule has 0 amide bonds. The minimum absolute atomic E-state index is 0.0323. The number of nitriles is 1. The Kier molecular flexibility index (Phi) is 6.77. The molecule has 0 radical (unpaired) electrons. The highest BCUT2D eigenvalue weighted by Gasteiger charge is 2.11. The number of carbonyl (C=O) groups excluding carboxylic acids is 1. The smallest absolute Gasteiger partial charge is 0.189 e. The number of thioether (sulfide) groups is 1. The molecule has 0 unspecified atom stereocenters. The molecular formula is C23H21N5O2S. The molecule has 1 fully saturated rings. The number of carbonyl (C=O) groups is 1. The van der Waals surface area contributed by atoms with Gasteiger partial charge in [0.15, 0.2) is 10.9 Å². The first kappa shape index (κ1) is 20.8. The van der Waals surface area contributed by atoms with Crippen LogP contribution in [0.2, 0.25) is 0 Å². The molecular weight excluding hydrogens is 410 g/mol. The van der Waals surface area contributed by atoms with Crippen LogP contribution in [0.4, 0.5) is 17.2 Å². The zero-order valence-electron chi connectivity index (χ0n) is 16.8. The number of nitrogens with zero attached hydrogens (tertiary/aromatic N) is 4. The normalized spacial score (nSPS) is 13.5. The summed E-state index contributed by atoms with van der Waals surface area (Å²) in [5.41, 5.74) is 3.21. The van der Waals surface area contributed by atoms with E-state index in [9.17, 15) is 4.79 Å². The molecule has 1 saturated heterocycles. The zero-order chi connectivity index (χ0) is 21.5. The Morgan fingerprint density at radius 2 is 1.84 bits per heavy atom. The van der Waals surface area contributed by atoms with E-state index in [1.165, 1.54) is 17.4 Å². The van der Waals surface area contributed by atoms with Gasteiger partial charge >= 0.3 is 0 Å². The second kappa shape index (κ2) is 10.1. The molecule has 8 heteroatoms. The van der Waals surface area contributed by atoms with Gasteiger partial charge in [0.1, 0.15) is 5.82 Å². The molecule has 31 heavy (non-hydrogen) atoms. The number of hydrogen-bond acceptors (Lipinski definition) is 8. The lowest BCUT2D eigenvalue weighted by atomic mass is 10.1. The summed E-state index contributed by atoms with van der Waals surface area (Å²) in [6.45, 7) is 3.32. The Bertz CT molecular complexity index is 1070. The quantitative estimate of drug-likeness (QED) is 0.342. The minimum Gasteiger partial charge on any atom is -0.378 e. The van der Waals surface area contributed by atoms with E-state index in [2.05, 4.69) is 32.3 Å². The number of ether oxygens (including phenoxy) is 1. The van der Waals surface area contributed by atoms with Crippen LogP contribution in [-0.2, 0) is 4.74 Å². The molecule has 0 atom stereocenters. The largest absolute Gasteiger partial charge is 0.378 e. The van der Waals surface area contributed by atoms with Crippen molar-refractivity contribution >= 4 is 34.7 Å². The molecule has 3 aromatic rings. The van der Waals surface area contributed by atoms with Gasteiger partial charge in [-0.25, -0.2) is 9.97 Å². The lowest BCUT2D eigenvalue weighted by Crippen LogP contribution is -2.36. The summed E-state index contributed by atoms with van der Waals surface area (Å²) < 4.78 is 5.40. The highest BCUT2D eigenvalue weighted by atomic mass is 32.2. The predicted octanol–water partition coefficient (Wildman–Crippen LogP) is 3.90. The first-order chi connectivity index (χ1) is 15.2. The van der Waals surface area contributed by atoms with Gasteiger partial charge in [-0.3, -0.25) is 4.79 Å². The summed E-state index contributed by atoms with van der Waals surface area (Å²) in [5.74, 6) is 0.862. The summed E-state index contributed by atoms with van der Waals surface area (Å²) in [6.07, 6.45) is 1.67. The van der Waals surface area contributed by atoms with Crippen LogP contribution in [0.25, 0.3) is 0 Å². The highest BCUT2D eigenvalue weighted by molar-refractivity contribution is 7.99. The first-order valence-electron chi connectivity index (χ1n) is 9.90. The number of nitrogens with one attached hydrogen (secondary N) is 1. The van der Waals surface area contributed by atoms with E-state index in [-0.39, 0.29) is 11.5 Å². The number of Topliss-reactive ketones (excluding diaryl/α,β-unsaturated/α-hetero) is 1. The van der Waals surface area contributed by atoms with E-state index in [0.717, 1.165) is 32.0 Å². The maximum atomic E-state index is 12.4. The molecule has 2 aromatic carbocycles. The average molecular weight is 432 g/mol. The number of benzene rings is 2. The SMILES string of the molecule is N#Cc1ccc(C(=O)CSc2nccc(Nc3ccc(N4CCOCC4)cc3)n2)cc1. The third kappa shape index (κ3) is 5.60. The average Bonchev–Trinajstić information content (AvgIpc) is 2.84. The van der Waals surface area contributed by atoms with Crippen molar-refractivity contribution in [3.05, 3.63) is 71.9 Å². The Hall–Kier alpha value is -3.41. The second-order valence-electron chi connectivity index (χ2n) is 6.90. The van der Waals surface area contributed by atoms with Crippen LogP contribution in [0, 0.1) is 11.3 Å². The van der Waals surface area contributed by atoms with Gasteiger partial charge in [-0.1, -0.05) is 23.9 Å². The van der Waals surface area contributed by atoms with Crippen LogP contribution in [0.15, 0.2) is 66.0 Å². The van der Waals surface area contributed by atoms with Gasteiger partial charge in [0.2, 0.25) is 0 Å². The minimum atomic E-state index is -0.0323. The maximum absolute atomic E-state index is 12.4. The van der Waals surface area contributed by atoms with Crippen LogP contribution >= 0.6 is 11.8 Å². The van der Waals surface area contributed by atoms with Crippen molar-refractivity contribution in [1.82, 2.24) is 9.97 Å². The van der Waals surface area contributed by atoms with E-state index >= 15 is 0 Å². The van der Waals surface area contributed by atoms with Crippen molar-refractivity contribution in [2.24, 2.45) is 0 Å². The fourth-order valence-electron chi connectivity index (χ4n) is 3.15. The van der Waals surface area contributed by atoms with Crippen molar-refractivity contribution in [2.45, 2.75) is 5.16 Å². The van der Waals surface area contributed by atoms with E-state index < -0.39 is 0 Å². The standard InChI is InChI=1S/C23H21N5O2S/c24-15-17-1-3-18(4-2-17)21(29)16-31-23-25-10-9-22(27-23)26-19-5-7-20(8-6-19)28-11-13-30-14-12-28/h1-10H,11-14,16H2,(H,25,26,27). The highest BCUT2D eigenvalue weighted by Crippen LogP contribution is 2.22. The van der Waals surface area contributed by atoms with E-state index in [1.807, 2.05) is 18.2 Å². The van der Waals surface area contributed by atoms with Gasteiger partial charge in [0, 0.05) is 36.2 Å². The van der Waals surface area contributed by atoms with Crippen molar-refractivity contribution < 1.29 is 9.53 Å². The number of anilines is 3. The van der Waals surface area contributed by atoms with Gasteiger partial charge in [0.25, 0.3) is 0 Å². The number of aromatic nitrogens is 2. The lowest BCUT2D eigenvalue weighted by Gasteiger charge is -2.28. The van der Waals surface area contributed by atoms with E-state index in [1.54, 1.807) is 36.5 Å². The molecule has 2 heterocycles. The van der Waals surface area contributed by atoms with Gasteiger partial charge in [-0.05, 0) is 42.5 Å². The van der Waals surface area contributed by atoms with Gasteiger partial charge in [0.05, 0.1) is 30.6 Å². The van der Waals surface area contributed by atoms with Crippen molar-refractivity contribution in [3.8, 4) is 6.07 Å². The van der Waals surface area contributed by atoms with Crippen LogP contribution in [0.3, 0.4) is 0 Å². The number of morpholine rings is 1. The molecule has 4 rings (SSSR count). The summed E-state index contributed by atoms with van der Waals surface area (Å²) in [6, 6.07) is 18.7. The molecule has 1 aromatic heterocycles. The molecule has 1 N–H and O–H groups in total. The van der Waals surface area contributed by atoms with E-state index in [4.69, 9.17) is 10.00 Å². The van der Waals surface area contributed by atoms with Gasteiger partial charge < -0.3 is 15.0 Å². The Morgan fingerprint density at radius 3 is 2.55 bits per heavy atom. The van der Waals surface area contributed by atoms with Crippen LogP contribution in [0.5, 0.6) is 0 Å². The maximum Gasteiger partial charge on any atom is 0.189 e. The Labute approximate surface area is 185 Å². The van der Waals surface area contributed by atoms with Gasteiger partial charge in [-0.2, -0.15) is 5.26 Å². The molecule has 7 nitrogen and oxygen atoms in total. The molecule has 0 saturated carbocycles. The van der Waals surface area contributed by atoms with Crippen molar-refractivity contribution in [1.29, 1.82) is 5.26 Å². The number of rotatable bonds is 7. The second-order valence-corrected chi connectivity index (χ2v) is 7.84. The lowest BCUT2D eigenvalue weighted by molar-refractivity contribution is 0.102. The molecule has 1 aliphatic rings. The van der Waals surface area contributed by atoms with Crippen LogP contribution in [0.1, 0.15) is 15.9 Å². The molecule has 0 aliphatic carbocycles. The predicted molar refractivity (Wildman–Crippen MR) is 121 cm³/mol. The molecule has 0 bridgehead atoms. The summed E-state index contributed by atoms with van der Waals surface area (Å²) in [5, 5.41) is 12.7. The first-order valence-corrected chi connectivity index (χ1v) is 10.9. The number of ketones is 1. The fraction of sp³-hybridized carbons (Fsp3) is 0.217.